The van der Waals surface area contributed by atoms with Crippen molar-refractivity contribution < 1.29 is 70.0 Å². The molecule has 190 valence electrons. The van der Waals surface area contributed by atoms with Gasteiger partial charge < -0.3 is 5.32 Å². The van der Waals surface area contributed by atoms with E-state index >= 15 is 0 Å². The van der Waals surface area contributed by atoms with Crippen molar-refractivity contribution in [2.24, 2.45) is 0 Å². The molecule has 0 heterocycles. The van der Waals surface area contributed by atoms with E-state index in [9.17, 15) is 65.5 Å². The first kappa shape index (κ1) is 32.1. The minimum Gasteiger partial charge on any atom is -0.323 e. The fraction of sp³-hybridized carbons (Fsp3) is 1.00. The summed E-state index contributed by atoms with van der Waals surface area (Å²) in [6.07, 6.45) is -6.72. The summed E-state index contributed by atoms with van der Waals surface area (Å²) in [5.74, 6) is -38.8. The molecule has 0 aromatic rings. The van der Waals surface area contributed by atoms with Crippen molar-refractivity contribution in [1.29, 1.82) is 0 Å². The van der Waals surface area contributed by atoms with Crippen LogP contribution in [0.15, 0.2) is 0 Å². The van der Waals surface area contributed by atoms with E-state index in [4.69, 9.17) is 4.55 Å². The van der Waals surface area contributed by atoms with Crippen LogP contribution in [0, 0.1) is 0 Å². The predicted octanol–water partition coefficient (Wildman–Crippen LogP) is 5.01. The second kappa shape index (κ2) is 9.84. The highest BCUT2D eigenvalue weighted by Crippen LogP contribution is 2.61. The molecule has 0 fully saturated rings. The molecule has 0 saturated heterocycles. The summed E-state index contributed by atoms with van der Waals surface area (Å²) in [4.78, 5) is 0. The van der Waals surface area contributed by atoms with Gasteiger partial charge >= 0.3 is 45.0 Å². The molecule has 0 aliphatic carbocycles. The summed E-state index contributed by atoms with van der Waals surface area (Å²) in [5.41, 5.74) is 0. The predicted molar refractivity (Wildman–Crippen MR) is 80.6 cm³/mol. The molecule has 0 saturated carbocycles. The first-order chi connectivity index (χ1) is 13.4. The van der Waals surface area contributed by atoms with Gasteiger partial charge in [0.05, 0.1) is 0 Å². The molecule has 0 rings (SSSR count). The maximum atomic E-state index is 13.4. The SMILES string of the molecule is CCCCC(F)C(F)(F)C(F)(F)C(F)(F)C(F)(F)C(F)(F)C(F)(F)S(=O)(=O)O.CNC. The number of nitrogens with one attached hydrogen (secondary N) is 1. The Hall–Kier alpha value is -1.04. The van der Waals surface area contributed by atoms with Crippen LogP contribution in [0.3, 0.4) is 0 Å². The Morgan fingerprint density at radius 3 is 1.39 bits per heavy atom. The molecule has 2 N–H and O–H groups in total. The molecule has 1 atom stereocenters. The molecule has 0 aliphatic rings. The van der Waals surface area contributed by atoms with E-state index in [0.29, 0.717) is 0 Å². The van der Waals surface area contributed by atoms with Crippen molar-refractivity contribution in [3.63, 3.8) is 0 Å². The van der Waals surface area contributed by atoms with Gasteiger partial charge in [0.2, 0.25) is 0 Å². The third kappa shape index (κ3) is 5.31. The van der Waals surface area contributed by atoms with Crippen LogP contribution in [0.4, 0.5) is 57.1 Å². The van der Waals surface area contributed by atoms with E-state index < -0.39 is 64.0 Å². The Morgan fingerprint density at radius 2 is 1.10 bits per heavy atom. The lowest BCUT2D eigenvalue weighted by Gasteiger charge is -2.41. The third-order valence-corrected chi connectivity index (χ3v) is 4.40. The standard InChI is InChI=1S/C11H11F13O3S.C2H7N/c1-2-3-4-5(12)6(13,14)7(15,16)8(17,18)9(19,20)10(21,22)11(23,24)28(25,26)27;1-3-2/h5H,2-4H2,1H3,(H,25,26,27);3H,1-2H3. The Balaban J connectivity index is 0. The molecule has 0 amide bonds. The van der Waals surface area contributed by atoms with Crippen LogP contribution in [-0.4, -0.2) is 68.1 Å². The van der Waals surface area contributed by atoms with Gasteiger partial charge in [-0.2, -0.15) is 61.1 Å². The van der Waals surface area contributed by atoms with Gasteiger partial charge in [0.1, 0.15) is 0 Å². The zero-order valence-corrected chi connectivity index (χ0v) is 16.6. The van der Waals surface area contributed by atoms with Crippen molar-refractivity contribution in [2.75, 3.05) is 14.1 Å². The molecule has 1 unspecified atom stereocenters. The van der Waals surface area contributed by atoms with Gasteiger partial charge in [-0.15, -0.1) is 0 Å². The first-order valence-electron chi connectivity index (χ1n) is 7.86. The van der Waals surface area contributed by atoms with Gasteiger partial charge in [-0.25, -0.2) is 4.39 Å². The Kier molecular flexibility index (Phi) is 10.2. The van der Waals surface area contributed by atoms with E-state index in [1.54, 1.807) is 0 Å². The van der Waals surface area contributed by atoms with Gasteiger partial charge in [0, 0.05) is 0 Å². The maximum absolute atomic E-state index is 13.4. The summed E-state index contributed by atoms with van der Waals surface area (Å²) >= 11 is 0. The molecule has 31 heavy (non-hydrogen) atoms. The molecule has 0 aromatic heterocycles. The molecular formula is C13H18F13NO3S. The highest BCUT2D eigenvalue weighted by molar-refractivity contribution is 7.87. The number of rotatable bonds is 10. The minimum atomic E-state index is -8.20. The number of unbranched alkanes of at least 4 members (excludes halogenated alkanes) is 1. The largest absolute Gasteiger partial charge is 0.438 e. The fourth-order valence-corrected chi connectivity index (χ4v) is 2.16. The molecule has 0 spiro atoms. The highest BCUT2D eigenvalue weighted by Gasteiger charge is 2.92. The summed E-state index contributed by atoms with van der Waals surface area (Å²) in [7, 11) is -3.87. The lowest BCUT2D eigenvalue weighted by molar-refractivity contribution is -0.421. The molecule has 0 aliphatic heterocycles. The van der Waals surface area contributed by atoms with Crippen molar-refractivity contribution in [3.05, 3.63) is 0 Å². The Morgan fingerprint density at radius 1 is 0.774 bits per heavy atom. The second-order valence-electron chi connectivity index (χ2n) is 6.02. The second-order valence-corrected chi connectivity index (χ2v) is 7.49. The quantitative estimate of drug-likeness (QED) is 0.317. The monoisotopic (exact) mass is 515 g/mol. The third-order valence-electron chi connectivity index (χ3n) is 3.50. The lowest BCUT2D eigenvalue weighted by Crippen LogP contribution is -2.72. The van der Waals surface area contributed by atoms with Crippen LogP contribution in [0.25, 0.3) is 0 Å². The van der Waals surface area contributed by atoms with Gasteiger partial charge in [0.15, 0.2) is 6.17 Å². The topological polar surface area (TPSA) is 66.4 Å². The highest BCUT2D eigenvalue weighted by atomic mass is 32.2. The van der Waals surface area contributed by atoms with Gasteiger partial charge in [0.25, 0.3) is 0 Å². The minimum absolute atomic E-state index is 0.173. The van der Waals surface area contributed by atoms with Crippen LogP contribution in [-0.2, 0) is 10.1 Å². The zero-order chi connectivity index (χ0) is 25.9. The molecular weight excluding hydrogens is 497 g/mol. The van der Waals surface area contributed by atoms with Gasteiger partial charge in [-0.1, -0.05) is 19.8 Å². The summed E-state index contributed by atoms with van der Waals surface area (Å²) in [5, 5.41) is -4.75. The average molecular weight is 515 g/mol. The zero-order valence-electron chi connectivity index (χ0n) is 15.8. The van der Waals surface area contributed by atoms with E-state index in [1.807, 2.05) is 14.1 Å². The molecule has 18 heteroatoms. The fourth-order valence-electron chi connectivity index (χ4n) is 1.71. The van der Waals surface area contributed by atoms with E-state index in [-0.39, 0.29) is 6.42 Å². The van der Waals surface area contributed by atoms with E-state index in [2.05, 4.69) is 5.32 Å². The van der Waals surface area contributed by atoms with E-state index in [1.165, 1.54) is 6.92 Å². The number of hydrogen-bond donors (Lipinski definition) is 2. The molecule has 0 radical (unpaired) electrons. The van der Waals surface area contributed by atoms with Gasteiger partial charge in [-0.3, -0.25) is 4.55 Å². The lowest BCUT2D eigenvalue weighted by atomic mass is 9.91. The Labute approximate surface area is 167 Å². The van der Waals surface area contributed by atoms with Crippen molar-refractivity contribution in [2.45, 2.75) is 67.2 Å². The molecule has 0 bridgehead atoms. The Bertz CT molecular complexity index is 682. The van der Waals surface area contributed by atoms with Crippen LogP contribution < -0.4 is 5.32 Å². The first-order valence-corrected chi connectivity index (χ1v) is 9.30. The summed E-state index contributed by atoms with van der Waals surface area (Å²) in [6.45, 7) is 1.18. The van der Waals surface area contributed by atoms with Gasteiger partial charge in [-0.05, 0) is 20.5 Å². The van der Waals surface area contributed by atoms with E-state index in [0.717, 1.165) is 0 Å². The van der Waals surface area contributed by atoms with Crippen molar-refractivity contribution in [1.82, 2.24) is 5.32 Å². The normalized spacial score (nSPS) is 15.9. The maximum Gasteiger partial charge on any atom is 0.438 e. The molecule has 4 nitrogen and oxygen atoms in total. The van der Waals surface area contributed by atoms with Crippen LogP contribution in [0.5, 0.6) is 0 Å². The molecule has 0 aromatic carbocycles. The average Bonchev–Trinajstić information content (AvgIpc) is 2.58. The number of halogens is 13. The smallest absolute Gasteiger partial charge is 0.323 e. The van der Waals surface area contributed by atoms with Crippen LogP contribution in [0.2, 0.25) is 0 Å². The number of hydrogen-bond acceptors (Lipinski definition) is 3. The van der Waals surface area contributed by atoms with Crippen LogP contribution in [0.1, 0.15) is 26.2 Å². The summed E-state index contributed by atoms with van der Waals surface area (Å²) < 4.78 is 200. The van der Waals surface area contributed by atoms with Crippen molar-refractivity contribution >= 4 is 10.1 Å². The van der Waals surface area contributed by atoms with Crippen molar-refractivity contribution in [3.8, 4) is 0 Å². The van der Waals surface area contributed by atoms with Crippen LogP contribution >= 0.6 is 0 Å². The summed E-state index contributed by atoms with van der Waals surface area (Å²) in [6, 6.07) is 0. The number of alkyl halides is 13.